The maximum Gasteiger partial charge on any atom is 0.275 e. The van der Waals surface area contributed by atoms with Gasteiger partial charge in [0.05, 0.1) is 25.4 Å². The molecule has 0 amide bonds. The lowest BCUT2D eigenvalue weighted by Gasteiger charge is -2.28. The van der Waals surface area contributed by atoms with Crippen molar-refractivity contribution in [3.8, 4) is 17.2 Å². The van der Waals surface area contributed by atoms with E-state index in [9.17, 15) is 19.2 Å². The zero-order valence-corrected chi connectivity index (χ0v) is 45.2. The molecule has 0 saturated carbocycles. The summed E-state index contributed by atoms with van der Waals surface area (Å²) in [4.78, 5) is 52.9. The second kappa shape index (κ2) is 26.5. The number of halogens is 2. The molecule has 66 heavy (non-hydrogen) atoms. The Kier molecular flexibility index (Phi) is 22.6. The summed E-state index contributed by atoms with van der Waals surface area (Å²) in [6.07, 6.45) is 11.7. The van der Waals surface area contributed by atoms with Gasteiger partial charge in [0.2, 0.25) is 16.9 Å². The monoisotopic (exact) mass is 1040 g/mol. The molecule has 0 aromatic heterocycles. The van der Waals surface area contributed by atoms with Crippen LogP contribution in [0, 0.1) is 0 Å². The summed E-state index contributed by atoms with van der Waals surface area (Å²) in [5.41, 5.74) is 5.46. The van der Waals surface area contributed by atoms with E-state index in [2.05, 4.69) is 152 Å². The van der Waals surface area contributed by atoms with E-state index >= 15 is 0 Å². The highest BCUT2D eigenvalue weighted by Gasteiger charge is 2.41. The number of ether oxygens (including phenoxy) is 3. The highest BCUT2D eigenvalue weighted by Crippen LogP contribution is 2.50. The van der Waals surface area contributed by atoms with Crippen LogP contribution in [0.1, 0.15) is 151 Å². The van der Waals surface area contributed by atoms with Gasteiger partial charge in [0, 0.05) is 55.6 Å². The van der Waals surface area contributed by atoms with Crippen LogP contribution in [0.4, 0.5) is 11.4 Å². The molecular formula is C54H77Br2N3O7. The van der Waals surface area contributed by atoms with Crippen LogP contribution in [-0.2, 0) is 10.8 Å². The molecule has 364 valence electrons. The van der Waals surface area contributed by atoms with E-state index in [1.54, 1.807) is 13.8 Å². The Balaban J connectivity index is 0.000000262. The summed E-state index contributed by atoms with van der Waals surface area (Å²) in [5, 5.41) is 0. The zero-order valence-electron chi connectivity index (χ0n) is 42.0. The van der Waals surface area contributed by atoms with Crippen molar-refractivity contribution in [2.45, 2.75) is 145 Å². The Labute approximate surface area is 412 Å². The number of hydrogen-bond donors (Lipinski definition) is 0. The Morgan fingerprint density at radius 3 is 1.39 bits per heavy atom. The summed E-state index contributed by atoms with van der Waals surface area (Å²) in [6.45, 7) is 36.2. The lowest BCUT2D eigenvalue weighted by atomic mass is 9.83. The Bertz CT molecular complexity index is 2320. The van der Waals surface area contributed by atoms with Gasteiger partial charge in [0.15, 0.2) is 5.75 Å². The Morgan fingerprint density at radius 1 is 0.561 bits per heavy atom. The Hall–Kier alpha value is -4.00. The maximum absolute atomic E-state index is 12.2. The lowest BCUT2D eigenvalue weighted by Crippen LogP contribution is -2.36. The molecule has 10 nitrogen and oxygen atoms in total. The lowest BCUT2D eigenvalue weighted by molar-refractivity contribution is 0.274. The third kappa shape index (κ3) is 13.4. The maximum atomic E-state index is 12.2. The van der Waals surface area contributed by atoms with Crippen molar-refractivity contribution in [1.82, 2.24) is 4.90 Å². The number of fused-ring (bicyclic) bond motifs is 2. The molecule has 0 bridgehead atoms. The van der Waals surface area contributed by atoms with Crippen LogP contribution in [0.25, 0.3) is 6.08 Å². The molecule has 12 heteroatoms. The normalized spacial score (nSPS) is 14.9. The summed E-state index contributed by atoms with van der Waals surface area (Å²) in [6, 6.07) is 12.9. The van der Waals surface area contributed by atoms with E-state index in [0.717, 1.165) is 34.2 Å². The van der Waals surface area contributed by atoms with Crippen LogP contribution in [0.5, 0.6) is 17.2 Å². The first-order valence-electron chi connectivity index (χ1n) is 24.2. The van der Waals surface area contributed by atoms with Crippen LogP contribution in [-0.4, -0.2) is 57.4 Å². The van der Waals surface area contributed by atoms with Crippen LogP contribution >= 0.6 is 31.9 Å². The van der Waals surface area contributed by atoms with Gasteiger partial charge in [-0.2, -0.15) is 0 Å². The molecule has 2 heterocycles. The van der Waals surface area contributed by atoms with Gasteiger partial charge in [-0.05, 0) is 107 Å². The number of rotatable bonds is 20. The predicted octanol–water partition coefficient (Wildman–Crippen LogP) is 12.2. The molecule has 0 spiro atoms. The van der Waals surface area contributed by atoms with Gasteiger partial charge < -0.3 is 28.9 Å². The summed E-state index contributed by atoms with van der Waals surface area (Å²) in [7, 11) is 0. The minimum atomic E-state index is -0.583. The first-order valence-corrected chi connectivity index (χ1v) is 25.8. The van der Waals surface area contributed by atoms with Crippen molar-refractivity contribution in [2.75, 3.05) is 62.3 Å². The number of unbranched alkanes of at least 4 members (excludes halogenated alkanes) is 6. The first kappa shape index (κ1) is 56.3. The minimum Gasteiger partial charge on any atom is -0.489 e. The van der Waals surface area contributed by atoms with Crippen molar-refractivity contribution in [3.63, 3.8) is 0 Å². The van der Waals surface area contributed by atoms with Gasteiger partial charge >= 0.3 is 0 Å². The fourth-order valence-corrected chi connectivity index (χ4v) is 9.12. The Morgan fingerprint density at radius 2 is 0.970 bits per heavy atom. The molecule has 0 N–H and O–H groups in total. The smallest absolute Gasteiger partial charge is 0.275 e. The molecule has 4 aromatic carbocycles. The summed E-state index contributed by atoms with van der Waals surface area (Å²) < 4.78 is 17.4. The molecule has 2 aliphatic rings. The largest absolute Gasteiger partial charge is 0.489 e. The summed E-state index contributed by atoms with van der Waals surface area (Å²) in [5.74, 6) is 0.354. The van der Waals surface area contributed by atoms with Gasteiger partial charge in [0.1, 0.15) is 0 Å². The van der Waals surface area contributed by atoms with Gasteiger partial charge in [-0.1, -0.05) is 139 Å². The molecule has 0 saturated heterocycles. The van der Waals surface area contributed by atoms with E-state index in [-0.39, 0.29) is 28.1 Å². The highest BCUT2D eigenvalue weighted by atomic mass is 79.9. The molecule has 0 unspecified atom stereocenters. The average Bonchev–Trinajstić information content (AvgIpc) is 3.63. The van der Waals surface area contributed by atoms with Crippen molar-refractivity contribution < 1.29 is 14.2 Å². The number of benzene rings is 2. The molecule has 0 atom stereocenters. The molecular weight excluding hydrogens is 962 g/mol. The van der Waals surface area contributed by atoms with Gasteiger partial charge in [-0.15, -0.1) is 0 Å². The van der Waals surface area contributed by atoms with E-state index in [0.29, 0.717) is 25.4 Å². The predicted molar refractivity (Wildman–Crippen MR) is 284 cm³/mol. The second-order valence-corrected chi connectivity index (χ2v) is 19.4. The van der Waals surface area contributed by atoms with Crippen molar-refractivity contribution in [3.05, 3.63) is 121 Å². The first-order chi connectivity index (χ1) is 31.4. The number of allylic oxidation sites excluding steroid dienone is 2. The molecule has 6 rings (SSSR count). The van der Waals surface area contributed by atoms with E-state index < -0.39 is 21.7 Å². The average molecular weight is 1040 g/mol. The second-order valence-electron chi connectivity index (χ2n) is 17.6. The van der Waals surface area contributed by atoms with Gasteiger partial charge in [-0.3, -0.25) is 19.2 Å². The van der Waals surface area contributed by atoms with E-state index in [1.807, 2.05) is 13.0 Å². The molecule has 0 radical (unpaired) electrons. The van der Waals surface area contributed by atoms with Crippen molar-refractivity contribution >= 4 is 49.3 Å². The zero-order chi connectivity index (χ0) is 49.4. The molecule has 4 aromatic rings. The van der Waals surface area contributed by atoms with Crippen molar-refractivity contribution in [2.24, 2.45) is 0 Å². The summed E-state index contributed by atoms with van der Waals surface area (Å²) >= 11 is 7.17. The van der Waals surface area contributed by atoms with E-state index in [1.165, 1.54) is 92.8 Å². The third-order valence-electron chi connectivity index (χ3n) is 12.5. The number of nitrogens with zero attached hydrogens (tertiary/aromatic N) is 3. The third-order valence-corrected chi connectivity index (χ3v) is 13.5. The fraction of sp³-hybridized carbons (Fsp3) is 0.556. The van der Waals surface area contributed by atoms with Crippen LogP contribution in [0.2, 0.25) is 0 Å². The number of hydrogen-bond acceptors (Lipinski definition) is 10. The molecule has 2 aliphatic heterocycles. The molecule has 0 aliphatic carbocycles. The SMILES string of the molecule is C=C1N(CCCCCC)c2ccc(Br)cc2C1(C)C.CCCCCCN1C(=Cc2c(OCC)c(=O)c2=O)C(C)(C)c2cc(Br)ccc21.CCN(CC)CC.CCOc1c(OCC)c(=O)c1=O. The van der Waals surface area contributed by atoms with E-state index in [4.69, 9.17) is 14.2 Å². The minimum absolute atomic E-state index is 0.0455. The van der Waals surface area contributed by atoms with Crippen LogP contribution in [0.3, 0.4) is 0 Å². The quantitative estimate of drug-likeness (QED) is 0.0627. The topological polar surface area (TPSA) is 106 Å². The van der Waals surface area contributed by atoms with Crippen LogP contribution < -0.4 is 45.7 Å². The highest BCUT2D eigenvalue weighted by molar-refractivity contribution is 9.10. The van der Waals surface area contributed by atoms with Gasteiger partial charge in [-0.25, -0.2) is 0 Å². The standard InChI is InChI=1S/C23H28BrNO3.C17H24BrN.C8H10O4.C6H15N/c1-5-7-8-9-12-25-18-11-10-15(24)13-17(18)23(3,4)19(25)14-16-20(26)21(27)22(16)28-6-2;1-5-6-7-8-11-19-13(2)17(3,4)15-12-14(18)9-10-16(15)19;1-3-11-7-5(9)6(10)8(7)12-4-2;1-4-7(5-2)6-3/h10-11,13-14H,5-9,12H2,1-4H3;9-10,12H,2,5-8,11H2,1,3-4H3;3-4H2,1-2H3;4-6H2,1-3H3. The fourth-order valence-electron chi connectivity index (χ4n) is 8.40. The number of anilines is 2. The van der Waals surface area contributed by atoms with Crippen LogP contribution in [0.15, 0.2) is 82.5 Å². The van der Waals surface area contributed by atoms with Gasteiger partial charge in [0.25, 0.3) is 16.3 Å². The van der Waals surface area contributed by atoms with Crippen molar-refractivity contribution in [1.29, 1.82) is 0 Å². The molecule has 0 fully saturated rings.